The number of nitrogens with zero attached hydrogens (tertiary/aromatic N) is 2. The molecule has 0 bridgehead atoms. The van der Waals surface area contributed by atoms with Crippen molar-refractivity contribution in [2.45, 2.75) is 26.0 Å². The van der Waals surface area contributed by atoms with Crippen molar-refractivity contribution in [2.75, 3.05) is 7.11 Å². The van der Waals surface area contributed by atoms with E-state index in [0.717, 1.165) is 12.4 Å². The summed E-state index contributed by atoms with van der Waals surface area (Å²) in [5.41, 5.74) is 0.518. The molecule has 102 valence electrons. The summed E-state index contributed by atoms with van der Waals surface area (Å²) in [4.78, 5) is 4.19. The van der Waals surface area contributed by atoms with Gasteiger partial charge in [-0.1, -0.05) is 6.07 Å². The van der Waals surface area contributed by atoms with E-state index in [9.17, 15) is 9.50 Å². The molecule has 5 heteroatoms. The maximum Gasteiger partial charge on any atom is 0.165 e. The third-order valence-corrected chi connectivity index (χ3v) is 3.08. The second kappa shape index (κ2) is 5.84. The number of imidazole rings is 1. The third-order valence-electron chi connectivity index (χ3n) is 3.08. The van der Waals surface area contributed by atoms with Gasteiger partial charge in [0.2, 0.25) is 0 Å². The summed E-state index contributed by atoms with van der Waals surface area (Å²) >= 11 is 0. The quantitative estimate of drug-likeness (QED) is 0.901. The van der Waals surface area contributed by atoms with Crippen molar-refractivity contribution in [3.63, 3.8) is 0 Å². The molecule has 0 fully saturated rings. The van der Waals surface area contributed by atoms with Crippen molar-refractivity contribution in [1.29, 1.82) is 0 Å². The van der Waals surface area contributed by atoms with Gasteiger partial charge in [-0.25, -0.2) is 9.37 Å². The van der Waals surface area contributed by atoms with Gasteiger partial charge >= 0.3 is 0 Å². The number of hydrogen-bond acceptors (Lipinski definition) is 3. The van der Waals surface area contributed by atoms with Crippen molar-refractivity contribution in [1.82, 2.24) is 9.55 Å². The van der Waals surface area contributed by atoms with Gasteiger partial charge in [-0.2, -0.15) is 0 Å². The molecule has 0 amide bonds. The molecule has 2 aromatic rings. The number of benzene rings is 1. The Morgan fingerprint density at radius 2 is 2.26 bits per heavy atom. The highest BCUT2D eigenvalue weighted by atomic mass is 19.1. The van der Waals surface area contributed by atoms with E-state index in [4.69, 9.17) is 4.74 Å². The van der Waals surface area contributed by atoms with Crippen LogP contribution in [-0.2, 0) is 13.0 Å². The number of aliphatic hydroxyl groups excluding tert-OH is 1. The number of hydrogen-bond donors (Lipinski definition) is 1. The number of halogens is 1. The van der Waals surface area contributed by atoms with Crippen LogP contribution in [0.4, 0.5) is 4.39 Å². The Labute approximate surface area is 111 Å². The van der Waals surface area contributed by atoms with Crippen LogP contribution < -0.4 is 4.74 Å². The molecule has 1 aromatic heterocycles. The van der Waals surface area contributed by atoms with Crippen LogP contribution in [0.3, 0.4) is 0 Å². The van der Waals surface area contributed by atoms with Crippen molar-refractivity contribution in [3.8, 4) is 5.75 Å². The number of methoxy groups -OCH3 is 1. The number of aliphatic hydroxyl groups is 1. The van der Waals surface area contributed by atoms with E-state index in [-0.39, 0.29) is 5.75 Å². The number of rotatable bonds is 5. The van der Waals surface area contributed by atoms with Crippen LogP contribution in [-0.4, -0.2) is 21.8 Å². The second-order valence-electron chi connectivity index (χ2n) is 4.24. The van der Waals surface area contributed by atoms with Crippen LogP contribution in [0.15, 0.2) is 30.6 Å². The fourth-order valence-electron chi connectivity index (χ4n) is 2.00. The van der Waals surface area contributed by atoms with E-state index in [1.807, 2.05) is 17.7 Å². The Balaban J connectivity index is 2.16. The molecule has 1 aromatic carbocycles. The summed E-state index contributed by atoms with van der Waals surface area (Å²) in [6.45, 7) is 2.80. The maximum absolute atomic E-state index is 13.6. The molecular formula is C14H17FN2O2. The lowest BCUT2D eigenvalue weighted by molar-refractivity contribution is 0.174. The van der Waals surface area contributed by atoms with E-state index in [1.54, 1.807) is 12.3 Å². The molecule has 0 saturated heterocycles. The molecule has 1 heterocycles. The summed E-state index contributed by atoms with van der Waals surface area (Å²) in [5.74, 6) is 0.482. The Morgan fingerprint density at radius 1 is 1.47 bits per heavy atom. The minimum atomic E-state index is -0.784. The van der Waals surface area contributed by atoms with Crippen molar-refractivity contribution >= 4 is 0 Å². The zero-order valence-electron chi connectivity index (χ0n) is 11.0. The van der Waals surface area contributed by atoms with E-state index < -0.39 is 11.9 Å². The first kappa shape index (κ1) is 13.5. The number of ether oxygens (including phenoxy) is 1. The largest absolute Gasteiger partial charge is 0.494 e. The van der Waals surface area contributed by atoms with E-state index >= 15 is 0 Å². The van der Waals surface area contributed by atoms with Gasteiger partial charge in [0.15, 0.2) is 11.6 Å². The Kier molecular flexibility index (Phi) is 4.16. The van der Waals surface area contributed by atoms with Crippen molar-refractivity contribution < 1.29 is 14.2 Å². The van der Waals surface area contributed by atoms with Gasteiger partial charge in [0.1, 0.15) is 5.82 Å². The maximum atomic E-state index is 13.6. The highest BCUT2D eigenvalue weighted by molar-refractivity contribution is 5.30. The van der Waals surface area contributed by atoms with E-state index in [1.165, 1.54) is 19.2 Å². The minimum absolute atomic E-state index is 0.172. The van der Waals surface area contributed by atoms with Gasteiger partial charge < -0.3 is 14.4 Å². The number of aryl methyl sites for hydroxylation is 1. The molecule has 0 aliphatic rings. The third kappa shape index (κ3) is 2.93. The highest BCUT2D eigenvalue weighted by Gasteiger charge is 2.14. The summed E-state index contributed by atoms with van der Waals surface area (Å²) in [5, 5.41) is 10.1. The lowest BCUT2D eigenvalue weighted by Crippen LogP contribution is -2.08. The Hall–Kier alpha value is -1.88. The predicted molar refractivity (Wildman–Crippen MR) is 69.5 cm³/mol. The molecule has 0 aliphatic carbocycles. The molecule has 2 rings (SSSR count). The van der Waals surface area contributed by atoms with Gasteiger partial charge in [0, 0.05) is 25.4 Å². The molecule has 1 unspecified atom stereocenters. The van der Waals surface area contributed by atoms with Gasteiger partial charge in [-0.05, 0) is 24.6 Å². The van der Waals surface area contributed by atoms with Crippen LogP contribution >= 0.6 is 0 Å². The summed E-state index contributed by atoms with van der Waals surface area (Å²) in [7, 11) is 1.41. The van der Waals surface area contributed by atoms with Crippen LogP contribution in [0.5, 0.6) is 5.75 Å². The fraction of sp³-hybridized carbons (Fsp3) is 0.357. The molecule has 19 heavy (non-hydrogen) atoms. The zero-order chi connectivity index (χ0) is 13.8. The van der Waals surface area contributed by atoms with E-state index in [2.05, 4.69) is 4.98 Å². The van der Waals surface area contributed by atoms with Crippen molar-refractivity contribution in [2.24, 2.45) is 0 Å². The normalized spacial score (nSPS) is 12.4. The Morgan fingerprint density at radius 3 is 2.89 bits per heavy atom. The predicted octanol–water partition coefficient (Wildman–Crippen LogP) is 2.33. The van der Waals surface area contributed by atoms with Gasteiger partial charge in [0.25, 0.3) is 0 Å². The molecule has 1 N–H and O–H groups in total. The van der Waals surface area contributed by atoms with Gasteiger partial charge in [0.05, 0.1) is 13.2 Å². The fourth-order valence-corrected chi connectivity index (χ4v) is 2.00. The smallest absolute Gasteiger partial charge is 0.165 e. The lowest BCUT2D eigenvalue weighted by atomic mass is 10.1. The first-order valence-corrected chi connectivity index (χ1v) is 6.17. The van der Waals surface area contributed by atoms with Crippen LogP contribution in [0.2, 0.25) is 0 Å². The average Bonchev–Trinajstić information content (AvgIpc) is 2.85. The second-order valence-corrected chi connectivity index (χ2v) is 4.24. The van der Waals surface area contributed by atoms with Crippen LogP contribution in [0, 0.1) is 5.82 Å². The lowest BCUT2D eigenvalue weighted by Gasteiger charge is -2.13. The summed E-state index contributed by atoms with van der Waals surface area (Å²) in [6.07, 6.45) is 3.12. The van der Waals surface area contributed by atoms with E-state index in [0.29, 0.717) is 12.0 Å². The van der Waals surface area contributed by atoms with Crippen LogP contribution in [0.25, 0.3) is 0 Å². The SMILES string of the molecule is CCn1ccnc1CC(O)c1ccc(OC)c(F)c1. The average molecular weight is 264 g/mol. The Bertz CT molecular complexity index is 554. The molecule has 4 nitrogen and oxygen atoms in total. The van der Waals surface area contributed by atoms with Crippen LogP contribution in [0.1, 0.15) is 24.4 Å². The minimum Gasteiger partial charge on any atom is -0.494 e. The zero-order valence-corrected chi connectivity index (χ0v) is 11.0. The summed E-state index contributed by atoms with van der Waals surface area (Å²) in [6, 6.07) is 4.47. The topological polar surface area (TPSA) is 47.3 Å². The molecule has 0 aliphatic heterocycles. The number of aromatic nitrogens is 2. The summed E-state index contributed by atoms with van der Waals surface area (Å²) < 4.78 is 20.4. The first-order chi connectivity index (χ1) is 9.15. The highest BCUT2D eigenvalue weighted by Crippen LogP contribution is 2.23. The molecular weight excluding hydrogens is 247 g/mol. The molecule has 0 radical (unpaired) electrons. The molecule has 1 atom stereocenters. The standard InChI is InChI=1S/C14H17FN2O2/c1-3-17-7-6-16-14(17)9-12(18)10-4-5-13(19-2)11(15)8-10/h4-8,12,18H,3,9H2,1-2H3. The molecule has 0 spiro atoms. The van der Waals surface area contributed by atoms with Gasteiger partial charge in [-0.3, -0.25) is 0 Å². The monoisotopic (exact) mass is 264 g/mol. The van der Waals surface area contributed by atoms with Gasteiger partial charge in [-0.15, -0.1) is 0 Å². The van der Waals surface area contributed by atoms with Crippen molar-refractivity contribution in [3.05, 3.63) is 47.8 Å². The molecule has 0 saturated carbocycles. The first-order valence-electron chi connectivity index (χ1n) is 6.17.